The minimum Gasteiger partial charge on any atom is -0.497 e. The minimum atomic E-state index is -1.32. The third kappa shape index (κ3) is 6.97. The zero-order valence-electron chi connectivity index (χ0n) is 24.8. The summed E-state index contributed by atoms with van der Waals surface area (Å²) in [5.41, 5.74) is 2.98. The van der Waals surface area contributed by atoms with Crippen molar-refractivity contribution in [2.24, 2.45) is 5.92 Å². The number of aryl methyl sites for hydroxylation is 2. The topological polar surface area (TPSA) is 102 Å². The molecule has 8 nitrogen and oxygen atoms in total. The van der Waals surface area contributed by atoms with Crippen LogP contribution in [0, 0.1) is 19.8 Å². The molecule has 3 aromatic carbocycles. The molecule has 1 aliphatic rings. The Kier molecular flexibility index (Phi) is 9.64. The Bertz CT molecular complexity index is 1430. The molecule has 0 aliphatic carbocycles. The van der Waals surface area contributed by atoms with Crippen molar-refractivity contribution >= 4 is 29.6 Å². The number of carbonyl (C=O) groups excluding carboxylic acids is 2. The summed E-state index contributed by atoms with van der Waals surface area (Å²) in [4.78, 5) is 41.3. The fraction of sp³-hybridized carbons (Fsp3) is 0.364. The molecular formula is C33H37NO7S. The van der Waals surface area contributed by atoms with E-state index < -0.39 is 23.6 Å². The molecule has 1 aliphatic heterocycles. The highest BCUT2D eigenvalue weighted by Gasteiger charge is 2.41. The van der Waals surface area contributed by atoms with E-state index in [1.807, 2.05) is 56.5 Å². The lowest BCUT2D eigenvalue weighted by Crippen LogP contribution is -2.34. The molecule has 42 heavy (non-hydrogen) atoms. The molecule has 0 radical (unpaired) electrons. The number of thioether (sulfide) groups is 1. The van der Waals surface area contributed by atoms with E-state index in [1.165, 1.54) is 13.8 Å². The van der Waals surface area contributed by atoms with E-state index in [2.05, 4.69) is 0 Å². The molecular weight excluding hydrogens is 554 g/mol. The summed E-state index contributed by atoms with van der Waals surface area (Å²) in [5, 5.41) is 9.43. The van der Waals surface area contributed by atoms with Crippen molar-refractivity contribution in [2.45, 2.75) is 50.7 Å². The number of aliphatic carboxylic acids is 1. The number of carboxylic acids is 1. The Morgan fingerprint density at radius 1 is 0.952 bits per heavy atom. The van der Waals surface area contributed by atoms with Crippen LogP contribution in [0.3, 0.4) is 0 Å². The Morgan fingerprint density at radius 2 is 1.55 bits per heavy atom. The maximum Gasteiger partial charge on any atom is 0.415 e. The Balaban J connectivity index is 1.62. The van der Waals surface area contributed by atoms with Gasteiger partial charge in [0.15, 0.2) is 11.4 Å². The number of hydrogen-bond acceptors (Lipinski definition) is 7. The van der Waals surface area contributed by atoms with E-state index >= 15 is 0 Å². The highest BCUT2D eigenvalue weighted by Crippen LogP contribution is 2.37. The number of ether oxygens (including phenoxy) is 3. The van der Waals surface area contributed by atoms with Gasteiger partial charge in [0.25, 0.3) is 0 Å². The van der Waals surface area contributed by atoms with Crippen molar-refractivity contribution in [1.82, 2.24) is 4.90 Å². The number of rotatable bonds is 10. The van der Waals surface area contributed by atoms with Crippen LogP contribution < -0.4 is 9.47 Å². The summed E-state index contributed by atoms with van der Waals surface area (Å²) in [7, 11) is 1.57. The molecule has 1 amide bonds. The highest BCUT2D eigenvalue weighted by atomic mass is 32.2. The normalized spacial score (nSPS) is 16.8. The molecule has 1 heterocycles. The van der Waals surface area contributed by atoms with E-state index in [9.17, 15) is 19.5 Å². The second kappa shape index (κ2) is 13.0. The molecule has 4 rings (SSSR count). The van der Waals surface area contributed by atoms with E-state index in [4.69, 9.17) is 14.2 Å². The van der Waals surface area contributed by atoms with Crippen LogP contribution in [0.4, 0.5) is 4.79 Å². The number of ketones is 1. The van der Waals surface area contributed by atoms with Crippen LogP contribution in [-0.2, 0) is 16.1 Å². The zero-order valence-corrected chi connectivity index (χ0v) is 25.6. The largest absolute Gasteiger partial charge is 0.497 e. The maximum atomic E-state index is 13.9. The molecule has 1 fully saturated rings. The van der Waals surface area contributed by atoms with Gasteiger partial charge in [-0.1, -0.05) is 24.3 Å². The average molecular weight is 592 g/mol. The van der Waals surface area contributed by atoms with Gasteiger partial charge in [-0.15, -0.1) is 11.8 Å². The Morgan fingerprint density at radius 3 is 2.10 bits per heavy atom. The second-order valence-electron chi connectivity index (χ2n) is 11.0. The van der Waals surface area contributed by atoms with Crippen molar-refractivity contribution in [3.05, 3.63) is 88.5 Å². The summed E-state index contributed by atoms with van der Waals surface area (Å²) < 4.78 is 16.6. The quantitative estimate of drug-likeness (QED) is 0.210. The van der Waals surface area contributed by atoms with Crippen LogP contribution in [0.15, 0.2) is 65.6 Å². The first-order chi connectivity index (χ1) is 19.9. The number of hydrogen-bond donors (Lipinski definition) is 1. The second-order valence-corrected chi connectivity index (χ2v) is 11.9. The smallest absolute Gasteiger partial charge is 0.415 e. The zero-order chi connectivity index (χ0) is 30.6. The van der Waals surface area contributed by atoms with Gasteiger partial charge in [-0.25, -0.2) is 9.59 Å². The van der Waals surface area contributed by atoms with Crippen molar-refractivity contribution in [2.75, 3.05) is 26.5 Å². The molecule has 0 aromatic heterocycles. The predicted molar refractivity (Wildman–Crippen MR) is 162 cm³/mol. The number of methoxy groups -OCH3 is 1. The van der Waals surface area contributed by atoms with Gasteiger partial charge in [-0.2, -0.15) is 0 Å². The summed E-state index contributed by atoms with van der Waals surface area (Å²) in [6, 6.07) is 18.3. The van der Waals surface area contributed by atoms with Gasteiger partial charge in [-0.05, 0) is 92.6 Å². The fourth-order valence-electron chi connectivity index (χ4n) is 5.12. The standard InChI is InChI=1S/C33H37NO7S/c1-20-15-23(16-21(2)29(20)19-40-33(3,4)31(36)37)27-17-34(32(38)41-25-11-9-24(39-5)10-12-25)18-28(27)30(35)22-7-13-26(42-6)14-8-22/h7-16,27-28H,17-19H2,1-6H3,(H,36,37). The van der Waals surface area contributed by atoms with Crippen LogP contribution in [0.25, 0.3) is 0 Å². The lowest BCUT2D eigenvalue weighted by molar-refractivity contribution is -0.162. The van der Waals surface area contributed by atoms with Gasteiger partial charge in [0.2, 0.25) is 0 Å². The maximum absolute atomic E-state index is 13.9. The van der Waals surface area contributed by atoms with E-state index in [0.717, 1.165) is 27.1 Å². The first-order valence-electron chi connectivity index (χ1n) is 13.7. The van der Waals surface area contributed by atoms with Crippen LogP contribution in [0.5, 0.6) is 11.5 Å². The molecule has 0 saturated carbocycles. The summed E-state index contributed by atoms with van der Waals surface area (Å²) in [6.45, 7) is 7.63. The summed E-state index contributed by atoms with van der Waals surface area (Å²) in [6.07, 6.45) is 1.46. The third-order valence-electron chi connectivity index (χ3n) is 7.79. The van der Waals surface area contributed by atoms with Gasteiger partial charge in [-0.3, -0.25) is 4.79 Å². The molecule has 2 unspecified atom stereocenters. The van der Waals surface area contributed by atoms with Crippen molar-refractivity contribution in [3.63, 3.8) is 0 Å². The van der Waals surface area contributed by atoms with Crippen LogP contribution in [-0.4, -0.2) is 59.9 Å². The SMILES string of the molecule is COc1ccc(OC(=O)N2CC(C(=O)c3ccc(SC)cc3)C(c3cc(C)c(COC(C)(C)C(=O)O)c(C)c3)C2)cc1. The molecule has 3 aromatic rings. The highest BCUT2D eigenvalue weighted by molar-refractivity contribution is 7.98. The van der Waals surface area contributed by atoms with E-state index in [-0.39, 0.29) is 24.9 Å². The lowest BCUT2D eigenvalue weighted by atomic mass is 9.82. The van der Waals surface area contributed by atoms with Crippen LogP contribution in [0.1, 0.15) is 52.4 Å². The predicted octanol–water partition coefficient (Wildman–Crippen LogP) is 6.51. The minimum absolute atomic E-state index is 0.0293. The van der Waals surface area contributed by atoms with Crippen LogP contribution in [0.2, 0.25) is 0 Å². The van der Waals surface area contributed by atoms with Crippen molar-refractivity contribution < 1.29 is 33.7 Å². The number of carboxylic acid groups (broad SMARTS) is 1. The number of Topliss-reactive ketones (excluding diaryl/α,β-unsaturated/α-hetero) is 1. The molecule has 0 spiro atoms. The molecule has 1 saturated heterocycles. The van der Waals surface area contributed by atoms with Crippen molar-refractivity contribution in [3.8, 4) is 11.5 Å². The molecule has 0 bridgehead atoms. The molecule has 222 valence electrons. The van der Waals surface area contributed by atoms with Gasteiger partial charge in [0.1, 0.15) is 11.5 Å². The third-order valence-corrected chi connectivity index (χ3v) is 8.54. The summed E-state index contributed by atoms with van der Waals surface area (Å²) in [5.74, 6) is -0.753. The van der Waals surface area contributed by atoms with Gasteiger partial charge < -0.3 is 24.2 Å². The van der Waals surface area contributed by atoms with Gasteiger partial charge in [0.05, 0.1) is 13.7 Å². The van der Waals surface area contributed by atoms with E-state index in [1.54, 1.807) is 48.0 Å². The number of benzene rings is 3. The molecule has 1 N–H and O–H groups in total. The molecule has 9 heteroatoms. The lowest BCUT2D eigenvalue weighted by Gasteiger charge is -2.23. The van der Waals surface area contributed by atoms with Gasteiger partial charge >= 0.3 is 12.1 Å². The fourth-order valence-corrected chi connectivity index (χ4v) is 5.53. The number of carbonyl (C=O) groups is 3. The Hall–Kier alpha value is -3.82. The molecule has 2 atom stereocenters. The Labute approximate surface area is 251 Å². The van der Waals surface area contributed by atoms with E-state index in [0.29, 0.717) is 23.6 Å². The average Bonchev–Trinajstić information content (AvgIpc) is 3.42. The first-order valence-corrected chi connectivity index (χ1v) is 14.9. The summed E-state index contributed by atoms with van der Waals surface area (Å²) >= 11 is 1.61. The van der Waals surface area contributed by atoms with Crippen LogP contribution >= 0.6 is 11.8 Å². The number of nitrogens with zero attached hydrogens (tertiary/aromatic N) is 1. The monoisotopic (exact) mass is 591 g/mol. The number of amides is 1. The number of likely N-dealkylation sites (tertiary alicyclic amines) is 1. The first kappa shape index (κ1) is 31.1. The van der Waals surface area contributed by atoms with Crippen molar-refractivity contribution in [1.29, 1.82) is 0 Å². The van der Waals surface area contributed by atoms with Gasteiger partial charge in [0, 0.05) is 35.4 Å².